The van der Waals surface area contributed by atoms with Crippen molar-refractivity contribution in [1.82, 2.24) is 19.9 Å². The quantitative estimate of drug-likeness (QED) is 0.527. The maximum absolute atomic E-state index is 8.97. The minimum absolute atomic E-state index is 0.0475. The van der Waals surface area contributed by atoms with Gasteiger partial charge in [-0.25, -0.2) is 9.97 Å². The number of benzene rings is 2. The number of allylic oxidation sites excluding steroid dienone is 1. The van der Waals surface area contributed by atoms with Gasteiger partial charge in [-0.15, -0.1) is 0 Å². The van der Waals surface area contributed by atoms with Crippen molar-refractivity contribution >= 4 is 16.8 Å². The van der Waals surface area contributed by atoms with Crippen LogP contribution in [0.2, 0.25) is 0 Å². The zero-order valence-electron chi connectivity index (χ0n) is 15.1. The second-order valence-corrected chi connectivity index (χ2v) is 6.65. The molecule has 1 unspecified atom stereocenters. The van der Waals surface area contributed by atoms with Gasteiger partial charge in [-0.05, 0) is 21.9 Å². The molecule has 0 radical (unpaired) electrons. The van der Waals surface area contributed by atoms with E-state index < -0.39 is 0 Å². The molecule has 2 aromatic carbocycles. The predicted octanol–water partition coefficient (Wildman–Crippen LogP) is 3.99. The van der Waals surface area contributed by atoms with Crippen molar-refractivity contribution in [1.29, 1.82) is 10.5 Å². The van der Waals surface area contributed by atoms with Crippen LogP contribution in [0.1, 0.15) is 34.1 Å². The number of rotatable bonds is 2. The topological polar surface area (TPSA) is 99.1 Å². The number of aromatic nitrogens is 4. The molecular weight excluding hydrogens is 360 g/mol. The molecule has 0 fully saturated rings. The summed E-state index contributed by atoms with van der Waals surface area (Å²) in [5, 5.41) is 20.2. The van der Waals surface area contributed by atoms with E-state index in [0.29, 0.717) is 11.4 Å². The Kier molecular flexibility index (Phi) is 3.83. The van der Waals surface area contributed by atoms with Crippen LogP contribution in [0.3, 0.4) is 0 Å². The highest BCUT2D eigenvalue weighted by Crippen LogP contribution is 2.41. The lowest BCUT2D eigenvalue weighted by Crippen LogP contribution is -2.07. The Balaban J connectivity index is 1.69. The van der Waals surface area contributed by atoms with Gasteiger partial charge in [-0.3, -0.25) is 9.97 Å². The van der Waals surface area contributed by atoms with Crippen molar-refractivity contribution in [3.63, 3.8) is 0 Å². The highest BCUT2D eigenvalue weighted by Gasteiger charge is 2.23. The Morgan fingerprint density at radius 1 is 0.793 bits per heavy atom. The molecule has 0 amide bonds. The van der Waals surface area contributed by atoms with E-state index in [4.69, 9.17) is 10.5 Å². The summed E-state index contributed by atoms with van der Waals surface area (Å²) in [5.41, 5.74) is 5.26. The zero-order chi connectivity index (χ0) is 19.8. The highest BCUT2D eigenvalue weighted by molar-refractivity contribution is 6.01. The molecule has 2 aromatic heterocycles. The minimum Gasteiger partial charge on any atom is -0.256 e. The molecule has 0 spiro atoms. The van der Waals surface area contributed by atoms with Gasteiger partial charge in [-0.1, -0.05) is 42.5 Å². The summed E-state index contributed by atoms with van der Waals surface area (Å²) in [4.78, 5) is 17.2. The van der Waals surface area contributed by atoms with Crippen LogP contribution in [0.25, 0.3) is 28.1 Å². The smallest absolute Gasteiger partial charge is 0.158 e. The first-order chi connectivity index (χ1) is 14.3. The molecule has 0 saturated carbocycles. The molecule has 6 nitrogen and oxygen atoms in total. The van der Waals surface area contributed by atoms with Crippen LogP contribution in [0, 0.1) is 22.7 Å². The van der Waals surface area contributed by atoms with Crippen molar-refractivity contribution in [2.24, 2.45) is 0 Å². The largest absolute Gasteiger partial charge is 0.256 e. The van der Waals surface area contributed by atoms with E-state index in [1.807, 2.05) is 24.3 Å². The van der Waals surface area contributed by atoms with Crippen molar-refractivity contribution in [2.75, 3.05) is 0 Å². The molecule has 0 aliphatic heterocycles. The van der Waals surface area contributed by atoms with E-state index in [0.717, 1.165) is 38.9 Å². The molecule has 4 aromatic rings. The van der Waals surface area contributed by atoms with Gasteiger partial charge in [0.2, 0.25) is 0 Å². The van der Waals surface area contributed by atoms with Crippen molar-refractivity contribution < 1.29 is 0 Å². The Morgan fingerprint density at radius 2 is 1.59 bits per heavy atom. The second-order valence-electron chi connectivity index (χ2n) is 6.65. The lowest BCUT2D eigenvalue weighted by molar-refractivity contribution is 0.934. The predicted molar refractivity (Wildman–Crippen MR) is 107 cm³/mol. The van der Waals surface area contributed by atoms with E-state index in [2.05, 4.69) is 50.3 Å². The third-order valence-corrected chi connectivity index (χ3v) is 5.06. The number of nitriles is 2. The molecule has 29 heavy (non-hydrogen) atoms. The third kappa shape index (κ3) is 2.72. The van der Waals surface area contributed by atoms with Gasteiger partial charge in [0.1, 0.15) is 12.1 Å². The lowest BCUT2D eigenvalue weighted by Gasteiger charge is -2.22. The van der Waals surface area contributed by atoms with E-state index in [1.54, 1.807) is 12.4 Å². The van der Waals surface area contributed by atoms with E-state index in [1.165, 1.54) is 12.4 Å². The number of hydrogen-bond donors (Lipinski definition) is 0. The van der Waals surface area contributed by atoms with Crippen molar-refractivity contribution in [3.05, 3.63) is 89.4 Å². The maximum atomic E-state index is 8.97. The number of nitrogens with zero attached hydrogens (tertiary/aromatic N) is 6. The van der Waals surface area contributed by atoms with Gasteiger partial charge in [-0.2, -0.15) is 10.5 Å². The Labute approximate surface area is 166 Å². The van der Waals surface area contributed by atoms with E-state index in [-0.39, 0.29) is 5.92 Å². The second kappa shape index (κ2) is 6.63. The summed E-state index contributed by atoms with van der Waals surface area (Å²) in [6, 6.07) is 14.3. The minimum atomic E-state index is -0.0475. The summed E-state index contributed by atoms with van der Waals surface area (Å²) in [7, 11) is 0. The van der Waals surface area contributed by atoms with Crippen LogP contribution in [0.5, 0.6) is 0 Å². The fraction of sp³-hybridized carbons (Fsp3) is 0.0435. The van der Waals surface area contributed by atoms with Crippen LogP contribution >= 0.6 is 0 Å². The summed E-state index contributed by atoms with van der Waals surface area (Å²) < 4.78 is 0. The molecule has 2 heterocycles. The molecule has 1 atom stereocenters. The molecule has 6 heteroatoms. The Bertz CT molecular complexity index is 1360. The summed E-state index contributed by atoms with van der Waals surface area (Å²) in [5.74, 6) is -0.0475. The van der Waals surface area contributed by atoms with Crippen LogP contribution < -0.4 is 0 Å². The molecule has 1 aliphatic rings. The average molecular weight is 372 g/mol. The van der Waals surface area contributed by atoms with Crippen LogP contribution in [-0.2, 0) is 0 Å². The zero-order valence-corrected chi connectivity index (χ0v) is 15.1. The van der Waals surface area contributed by atoms with E-state index >= 15 is 0 Å². The highest BCUT2D eigenvalue weighted by atomic mass is 14.8. The molecule has 134 valence electrons. The summed E-state index contributed by atoms with van der Waals surface area (Å²) in [6.07, 6.45) is 10.4. The lowest BCUT2D eigenvalue weighted by atomic mass is 9.82. The van der Waals surface area contributed by atoms with Crippen LogP contribution in [0.4, 0.5) is 0 Å². The third-order valence-electron chi connectivity index (χ3n) is 5.06. The van der Waals surface area contributed by atoms with Crippen molar-refractivity contribution in [2.45, 2.75) is 5.92 Å². The monoisotopic (exact) mass is 372 g/mol. The van der Waals surface area contributed by atoms with Gasteiger partial charge < -0.3 is 0 Å². The van der Waals surface area contributed by atoms with Gasteiger partial charge in [0.25, 0.3) is 0 Å². The maximum Gasteiger partial charge on any atom is 0.158 e. The Hall–Kier alpha value is -4.42. The van der Waals surface area contributed by atoms with Crippen molar-refractivity contribution in [3.8, 4) is 23.4 Å². The molecule has 0 N–H and O–H groups in total. The SMILES string of the molecule is N#Cc1cnc(-c2ccc3cccc4c3c2C=CC4c2cnc(C#N)cn2)cn1. The van der Waals surface area contributed by atoms with Crippen LogP contribution in [0.15, 0.2) is 61.2 Å². The average Bonchev–Trinajstić information content (AvgIpc) is 2.80. The molecule has 0 saturated heterocycles. The fourth-order valence-corrected chi connectivity index (χ4v) is 3.73. The van der Waals surface area contributed by atoms with Crippen LogP contribution in [-0.4, -0.2) is 19.9 Å². The molecule has 1 aliphatic carbocycles. The number of hydrogen-bond acceptors (Lipinski definition) is 6. The van der Waals surface area contributed by atoms with Gasteiger partial charge in [0.15, 0.2) is 11.4 Å². The summed E-state index contributed by atoms with van der Waals surface area (Å²) >= 11 is 0. The summed E-state index contributed by atoms with van der Waals surface area (Å²) in [6.45, 7) is 0. The van der Waals surface area contributed by atoms with Gasteiger partial charge >= 0.3 is 0 Å². The first-order valence-corrected chi connectivity index (χ1v) is 8.97. The van der Waals surface area contributed by atoms with E-state index in [9.17, 15) is 0 Å². The normalized spacial score (nSPS) is 14.3. The first-order valence-electron chi connectivity index (χ1n) is 8.97. The molecule has 0 bridgehead atoms. The standard InChI is InChI=1S/C23H12N6/c24-8-15-10-28-21(12-26-15)17-5-4-14-2-1-3-19-18(6-7-20(17)23(14)19)22-13-27-16(9-25)11-29-22/h1-7,10-13,18H. The Morgan fingerprint density at radius 3 is 2.28 bits per heavy atom. The fourth-order valence-electron chi connectivity index (χ4n) is 3.73. The van der Waals surface area contributed by atoms with Gasteiger partial charge in [0.05, 0.1) is 36.2 Å². The molecular formula is C23H12N6. The molecule has 5 rings (SSSR count). The van der Waals surface area contributed by atoms with Gasteiger partial charge in [0, 0.05) is 11.5 Å². The first kappa shape index (κ1) is 16.7.